The van der Waals surface area contributed by atoms with Crippen molar-refractivity contribution < 1.29 is 28.7 Å². The van der Waals surface area contributed by atoms with E-state index in [-0.39, 0.29) is 22.6 Å². The summed E-state index contributed by atoms with van der Waals surface area (Å²) in [6.45, 7) is 8.85. The largest absolute Gasteiger partial charge is 0.449 e. The second-order valence-corrected chi connectivity index (χ2v) is 9.39. The first-order valence-corrected chi connectivity index (χ1v) is 12.2. The van der Waals surface area contributed by atoms with Gasteiger partial charge in [-0.2, -0.15) is 0 Å². The van der Waals surface area contributed by atoms with Gasteiger partial charge < -0.3 is 19.7 Å². The van der Waals surface area contributed by atoms with Crippen LogP contribution in [0.15, 0.2) is 42.5 Å². The molecule has 0 saturated carbocycles. The number of morpholine rings is 1. The molecule has 36 heavy (non-hydrogen) atoms. The topological polar surface area (TPSA) is 105 Å². The molecule has 3 amide bonds. The summed E-state index contributed by atoms with van der Waals surface area (Å²) in [4.78, 5) is 54.0. The molecule has 190 valence electrons. The summed E-state index contributed by atoms with van der Waals surface area (Å²) in [5, 5.41) is 2.75. The van der Waals surface area contributed by atoms with Gasteiger partial charge in [-0.05, 0) is 61.7 Å². The van der Waals surface area contributed by atoms with Crippen molar-refractivity contribution >= 4 is 35.1 Å². The number of carbonyl (C=O) groups excluding carboxylic acids is 4. The zero-order chi connectivity index (χ0) is 25.8. The number of nitrogens with zero attached hydrogens (tertiary/aromatic N) is 2. The van der Waals surface area contributed by atoms with Gasteiger partial charge in [0.15, 0.2) is 6.10 Å². The quantitative estimate of drug-likeness (QED) is 0.444. The molecule has 1 saturated heterocycles. The normalized spacial score (nSPS) is 16.2. The molecule has 0 radical (unpaired) electrons. The molecule has 0 spiro atoms. The minimum absolute atomic E-state index is 0.107. The highest BCUT2D eigenvalue weighted by atomic mass is 16.5. The SMILES string of the molecule is CC(C)CCN1C(=O)c2ccc(C(=O)O[C@@H](C)C(=O)Nc3ccc(N4CCOCC4)cc3)cc2C1=O. The molecule has 2 aromatic carbocycles. The van der Waals surface area contributed by atoms with E-state index in [4.69, 9.17) is 9.47 Å². The summed E-state index contributed by atoms with van der Waals surface area (Å²) in [6, 6.07) is 11.7. The minimum atomic E-state index is -1.07. The highest BCUT2D eigenvalue weighted by Gasteiger charge is 2.36. The fourth-order valence-corrected chi connectivity index (χ4v) is 4.11. The predicted octanol–water partition coefficient (Wildman–Crippen LogP) is 3.35. The minimum Gasteiger partial charge on any atom is -0.449 e. The van der Waals surface area contributed by atoms with Gasteiger partial charge in [0.25, 0.3) is 17.7 Å². The van der Waals surface area contributed by atoms with Gasteiger partial charge in [-0.15, -0.1) is 0 Å². The van der Waals surface area contributed by atoms with Crippen molar-refractivity contribution in [3.05, 3.63) is 59.2 Å². The number of fused-ring (bicyclic) bond motifs is 1. The first-order valence-electron chi connectivity index (χ1n) is 12.2. The average molecular weight is 494 g/mol. The Bertz CT molecular complexity index is 1150. The van der Waals surface area contributed by atoms with Crippen LogP contribution in [0.3, 0.4) is 0 Å². The van der Waals surface area contributed by atoms with Gasteiger partial charge in [0, 0.05) is 31.0 Å². The third-order valence-corrected chi connectivity index (χ3v) is 6.30. The van der Waals surface area contributed by atoms with E-state index in [2.05, 4.69) is 10.2 Å². The monoisotopic (exact) mass is 493 g/mol. The lowest BCUT2D eigenvalue weighted by Gasteiger charge is -2.28. The first-order chi connectivity index (χ1) is 17.2. The molecule has 2 aliphatic rings. The van der Waals surface area contributed by atoms with Crippen LogP contribution in [0.1, 0.15) is 58.3 Å². The molecule has 9 heteroatoms. The van der Waals surface area contributed by atoms with E-state index in [0.29, 0.717) is 37.8 Å². The van der Waals surface area contributed by atoms with Gasteiger partial charge in [-0.3, -0.25) is 19.3 Å². The zero-order valence-corrected chi connectivity index (χ0v) is 20.8. The van der Waals surface area contributed by atoms with Crippen molar-refractivity contribution in [2.45, 2.75) is 33.3 Å². The van der Waals surface area contributed by atoms with E-state index < -0.39 is 23.9 Å². The van der Waals surface area contributed by atoms with Crippen molar-refractivity contribution in [2.75, 3.05) is 43.1 Å². The number of benzene rings is 2. The molecule has 0 bridgehead atoms. The summed E-state index contributed by atoms with van der Waals surface area (Å²) >= 11 is 0. The Morgan fingerprint density at radius 3 is 2.31 bits per heavy atom. The lowest BCUT2D eigenvalue weighted by molar-refractivity contribution is -0.123. The van der Waals surface area contributed by atoms with Gasteiger partial charge in [-0.25, -0.2) is 4.79 Å². The van der Waals surface area contributed by atoms with Crippen LogP contribution in [-0.4, -0.2) is 67.5 Å². The standard InChI is InChI=1S/C27H31N3O6/c1-17(2)10-11-30-25(32)22-9-4-19(16-23(22)26(30)33)27(34)36-18(3)24(31)28-20-5-7-21(8-6-20)29-12-14-35-15-13-29/h4-9,16-18H,10-15H2,1-3H3,(H,28,31)/t18-/m0/s1. The Balaban J connectivity index is 1.35. The van der Waals surface area contributed by atoms with Crippen LogP contribution in [0.4, 0.5) is 11.4 Å². The van der Waals surface area contributed by atoms with Gasteiger partial charge in [0.05, 0.1) is 29.9 Å². The Morgan fingerprint density at radius 2 is 1.64 bits per heavy atom. The van der Waals surface area contributed by atoms with Gasteiger partial charge >= 0.3 is 5.97 Å². The van der Waals surface area contributed by atoms with Crippen LogP contribution >= 0.6 is 0 Å². The molecular formula is C27H31N3O6. The van der Waals surface area contributed by atoms with E-state index in [9.17, 15) is 19.2 Å². The van der Waals surface area contributed by atoms with Crippen LogP contribution in [0.5, 0.6) is 0 Å². The van der Waals surface area contributed by atoms with E-state index in [1.54, 1.807) is 12.1 Å². The zero-order valence-electron chi connectivity index (χ0n) is 20.8. The molecule has 1 N–H and O–H groups in total. The summed E-state index contributed by atoms with van der Waals surface area (Å²) < 4.78 is 10.7. The number of rotatable bonds is 8. The molecule has 2 aromatic rings. The number of nitrogens with one attached hydrogen (secondary N) is 1. The average Bonchev–Trinajstić information content (AvgIpc) is 3.12. The number of amides is 3. The number of hydrogen-bond donors (Lipinski definition) is 1. The molecule has 9 nitrogen and oxygen atoms in total. The molecule has 0 aromatic heterocycles. The summed E-state index contributed by atoms with van der Waals surface area (Å²) in [5.74, 6) is -1.66. The number of ether oxygens (including phenoxy) is 2. The van der Waals surface area contributed by atoms with Gasteiger partial charge in [-0.1, -0.05) is 13.8 Å². The molecule has 4 rings (SSSR count). The maximum Gasteiger partial charge on any atom is 0.338 e. The van der Waals surface area contributed by atoms with Crippen molar-refractivity contribution in [2.24, 2.45) is 5.92 Å². The lowest BCUT2D eigenvalue weighted by Crippen LogP contribution is -2.36. The fourth-order valence-electron chi connectivity index (χ4n) is 4.11. The van der Waals surface area contributed by atoms with Crippen molar-refractivity contribution in [1.82, 2.24) is 4.90 Å². The number of anilines is 2. The molecule has 0 unspecified atom stereocenters. The summed E-state index contributed by atoms with van der Waals surface area (Å²) in [7, 11) is 0. The molecule has 1 atom stereocenters. The Hall–Kier alpha value is -3.72. The Kier molecular flexibility index (Phi) is 7.69. The third kappa shape index (κ3) is 5.57. The lowest BCUT2D eigenvalue weighted by atomic mass is 10.1. The molecular weight excluding hydrogens is 462 g/mol. The number of carbonyl (C=O) groups is 4. The van der Waals surface area contributed by atoms with Crippen molar-refractivity contribution in [3.63, 3.8) is 0 Å². The molecule has 1 fully saturated rings. The Morgan fingerprint density at radius 1 is 0.972 bits per heavy atom. The van der Waals surface area contributed by atoms with Gasteiger partial charge in [0.1, 0.15) is 0 Å². The highest BCUT2D eigenvalue weighted by molar-refractivity contribution is 6.22. The fraction of sp³-hybridized carbons (Fsp3) is 0.407. The second kappa shape index (κ2) is 10.9. The number of hydrogen-bond acceptors (Lipinski definition) is 7. The maximum absolute atomic E-state index is 12.7. The molecule has 0 aliphatic carbocycles. The van der Waals surface area contributed by atoms with E-state index in [1.807, 2.05) is 26.0 Å². The smallest absolute Gasteiger partial charge is 0.338 e. The Labute approximate surface area is 210 Å². The van der Waals surface area contributed by atoms with Gasteiger partial charge in [0.2, 0.25) is 0 Å². The van der Waals surface area contributed by atoms with E-state index in [0.717, 1.165) is 18.8 Å². The number of esters is 1. The predicted molar refractivity (Wildman–Crippen MR) is 134 cm³/mol. The summed E-state index contributed by atoms with van der Waals surface area (Å²) in [6.07, 6.45) is -0.368. The van der Waals surface area contributed by atoms with Crippen LogP contribution in [0.25, 0.3) is 0 Å². The van der Waals surface area contributed by atoms with Crippen molar-refractivity contribution in [3.8, 4) is 0 Å². The van der Waals surface area contributed by atoms with Crippen LogP contribution in [0, 0.1) is 5.92 Å². The molecule has 2 heterocycles. The first kappa shape index (κ1) is 25.4. The van der Waals surface area contributed by atoms with Crippen LogP contribution in [0.2, 0.25) is 0 Å². The summed E-state index contributed by atoms with van der Waals surface area (Å²) in [5.41, 5.74) is 2.18. The molecule has 2 aliphatic heterocycles. The van der Waals surface area contributed by atoms with Crippen LogP contribution in [-0.2, 0) is 14.3 Å². The van der Waals surface area contributed by atoms with E-state index in [1.165, 1.54) is 30.0 Å². The van der Waals surface area contributed by atoms with E-state index >= 15 is 0 Å². The third-order valence-electron chi connectivity index (χ3n) is 6.30. The van der Waals surface area contributed by atoms with Crippen LogP contribution < -0.4 is 10.2 Å². The van der Waals surface area contributed by atoms with Crippen molar-refractivity contribution in [1.29, 1.82) is 0 Å². The second-order valence-electron chi connectivity index (χ2n) is 9.39. The number of imide groups is 1. The maximum atomic E-state index is 12.7. The highest BCUT2D eigenvalue weighted by Crippen LogP contribution is 2.25.